The minimum absolute atomic E-state index is 0.147. The number of rotatable bonds is 7. The van der Waals surface area contributed by atoms with Gasteiger partial charge in [-0.1, -0.05) is 12.1 Å². The summed E-state index contributed by atoms with van der Waals surface area (Å²) in [5.41, 5.74) is 3.21. The van der Waals surface area contributed by atoms with E-state index in [-0.39, 0.29) is 11.2 Å². The molecular weight excluding hydrogens is 388 g/mol. The van der Waals surface area contributed by atoms with Gasteiger partial charge >= 0.3 is 0 Å². The molecule has 154 valence electrons. The van der Waals surface area contributed by atoms with E-state index in [0.717, 1.165) is 36.9 Å². The maximum Gasteiger partial charge on any atom is 0.251 e. The first kappa shape index (κ1) is 20.0. The Labute approximate surface area is 171 Å². The van der Waals surface area contributed by atoms with Crippen molar-refractivity contribution in [1.29, 1.82) is 0 Å². The van der Waals surface area contributed by atoms with Crippen LogP contribution in [0.3, 0.4) is 0 Å². The first-order valence-electron chi connectivity index (χ1n) is 10.1. The number of carbonyl (C=O) groups is 1. The van der Waals surface area contributed by atoms with Crippen molar-refractivity contribution in [3.05, 3.63) is 59.2 Å². The SMILES string of the molecule is Cc1cnc(CNC(=O)c2cccc(CC3CCN(S(=O)(=O)C4CC4)C3)c2)cn1. The van der Waals surface area contributed by atoms with Crippen LogP contribution in [0.25, 0.3) is 0 Å². The minimum atomic E-state index is -3.09. The Morgan fingerprint density at radius 3 is 2.76 bits per heavy atom. The first-order valence-corrected chi connectivity index (χ1v) is 11.6. The molecule has 0 radical (unpaired) electrons. The summed E-state index contributed by atoms with van der Waals surface area (Å²) in [7, 11) is -3.09. The largest absolute Gasteiger partial charge is 0.346 e. The second kappa shape index (κ2) is 8.20. The van der Waals surface area contributed by atoms with Gasteiger partial charge in [-0.05, 0) is 56.2 Å². The van der Waals surface area contributed by atoms with E-state index < -0.39 is 10.0 Å². The van der Waals surface area contributed by atoms with Gasteiger partial charge in [-0.25, -0.2) is 12.7 Å². The highest BCUT2D eigenvalue weighted by Gasteiger charge is 2.42. The Hall–Kier alpha value is -2.32. The van der Waals surface area contributed by atoms with Gasteiger partial charge in [-0.2, -0.15) is 0 Å². The molecule has 2 fully saturated rings. The monoisotopic (exact) mass is 414 g/mol. The van der Waals surface area contributed by atoms with Crippen LogP contribution in [0.2, 0.25) is 0 Å². The summed E-state index contributed by atoms with van der Waals surface area (Å²) in [6.07, 6.45) is 6.59. The number of nitrogens with zero attached hydrogens (tertiary/aromatic N) is 3. The number of hydrogen-bond donors (Lipinski definition) is 1. The van der Waals surface area contributed by atoms with Crippen molar-refractivity contribution in [2.24, 2.45) is 5.92 Å². The predicted octanol–water partition coefficient (Wildman–Crippen LogP) is 2.07. The van der Waals surface area contributed by atoms with Gasteiger partial charge in [0.2, 0.25) is 10.0 Å². The van der Waals surface area contributed by atoms with Gasteiger partial charge < -0.3 is 5.32 Å². The quantitative estimate of drug-likeness (QED) is 0.749. The molecule has 1 unspecified atom stereocenters. The average Bonchev–Trinajstić information content (AvgIpc) is 3.48. The van der Waals surface area contributed by atoms with Crippen molar-refractivity contribution >= 4 is 15.9 Å². The molecule has 1 saturated heterocycles. The number of amides is 1. The molecule has 2 heterocycles. The first-order chi connectivity index (χ1) is 13.9. The number of hydrogen-bond acceptors (Lipinski definition) is 5. The van der Waals surface area contributed by atoms with Crippen molar-refractivity contribution in [3.63, 3.8) is 0 Å². The summed E-state index contributed by atoms with van der Waals surface area (Å²) in [5.74, 6) is 0.142. The number of sulfonamides is 1. The van der Waals surface area contributed by atoms with Crippen LogP contribution in [0, 0.1) is 12.8 Å². The molecule has 1 atom stereocenters. The molecule has 1 aliphatic heterocycles. The highest BCUT2D eigenvalue weighted by Crippen LogP contribution is 2.34. The molecule has 8 heteroatoms. The maximum atomic E-state index is 12.5. The summed E-state index contributed by atoms with van der Waals surface area (Å²) >= 11 is 0. The molecule has 7 nitrogen and oxygen atoms in total. The van der Waals surface area contributed by atoms with E-state index in [1.807, 2.05) is 25.1 Å². The van der Waals surface area contributed by atoms with Gasteiger partial charge in [0, 0.05) is 24.8 Å². The van der Waals surface area contributed by atoms with Crippen LogP contribution < -0.4 is 5.32 Å². The fraction of sp³-hybridized carbons (Fsp3) is 0.476. The van der Waals surface area contributed by atoms with E-state index in [0.29, 0.717) is 36.8 Å². The molecule has 0 bridgehead atoms. The summed E-state index contributed by atoms with van der Waals surface area (Å²) in [5, 5.41) is 2.73. The molecule has 29 heavy (non-hydrogen) atoms. The third-order valence-electron chi connectivity index (χ3n) is 5.53. The van der Waals surface area contributed by atoms with E-state index in [1.165, 1.54) is 0 Å². The Kier molecular flexibility index (Phi) is 5.65. The minimum Gasteiger partial charge on any atom is -0.346 e. The van der Waals surface area contributed by atoms with Crippen LogP contribution in [0.4, 0.5) is 0 Å². The molecule has 1 aromatic heterocycles. The standard InChI is InChI=1S/C21H26N4O3S/c1-15-11-23-19(12-22-15)13-24-21(26)18-4-2-3-16(10-18)9-17-7-8-25(14-17)29(27,28)20-5-6-20/h2-4,10-12,17,20H,5-9,13-14H2,1H3,(H,24,26). The lowest BCUT2D eigenvalue weighted by atomic mass is 9.97. The Morgan fingerprint density at radius 2 is 2.03 bits per heavy atom. The number of carbonyl (C=O) groups excluding carboxylic acids is 1. The summed E-state index contributed by atoms with van der Waals surface area (Å²) in [6, 6.07) is 7.57. The zero-order chi connectivity index (χ0) is 20.4. The zero-order valence-corrected chi connectivity index (χ0v) is 17.4. The molecule has 0 spiro atoms. The summed E-state index contributed by atoms with van der Waals surface area (Å²) in [4.78, 5) is 20.9. The van der Waals surface area contributed by atoms with Gasteiger partial charge in [0.15, 0.2) is 0 Å². The predicted molar refractivity (Wildman–Crippen MR) is 110 cm³/mol. The van der Waals surface area contributed by atoms with E-state index in [4.69, 9.17) is 0 Å². The third-order valence-corrected chi connectivity index (χ3v) is 7.90. The van der Waals surface area contributed by atoms with E-state index >= 15 is 0 Å². The van der Waals surface area contributed by atoms with E-state index in [2.05, 4.69) is 15.3 Å². The Bertz CT molecular complexity index is 987. The zero-order valence-electron chi connectivity index (χ0n) is 16.5. The van der Waals surface area contributed by atoms with Crippen molar-refractivity contribution in [2.75, 3.05) is 13.1 Å². The molecule has 1 N–H and O–H groups in total. The van der Waals surface area contributed by atoms with Crippen molar-refractivity contribution in [1.82, 2.24) is 19.6 Å². The molecule has 4 rings (SSSR count). The molecule has 1 aromatic carbocycles. The maximum absolute atomic E-state index is 12.5. The summed E-state index contributed by atoms with van der Waals surface area (Å²) < 4.78 is 26.5. The van der Waals surface area contributed by atoms with Crippen molar-refractivity contribution in [2.45, 2.75) is 44.4 Å². The highest BCUT2D eigenvalue weighted by atomic mass is 32.2. The van der Waals surface area contributed by atoms with Crippen molar-refractivity contribution < 1.29 is 13.2 Å². The second-order valence-corrected chi connectivity index (χ2v) is 10.2. The van der Waals surface area contributed by atoms with Crippen LogP contribution in [0.1, 0.15) is 46.6 Å². The Balaban J connectivity index is 1.33. The van der Waals surface area contributed by atoms with Gasteiger partial charge in [0.1, 0.15) is 0 Å². The highest BCUT2D eigenvalue weighted by molar-refractivity contribution is 7.90. The second-order valence-electron chi connectivity index (χ2n) is 7.99. The van der Waals surface area contributed by atoms with Gasteiger partial charge in [-0.15, -0.1) is 0 Å². The smallest absolute Gasteiger partial charge is 0.251 e. The molecule has 1 aliphatic carbocycles. The van der Waals surface area contributed by atoms with Crippen molar-refractivity contribution in [3.8, 4) is 0 Å². The fourth-order valence-electron chi connectivity index (χ4n) is 3.73. The molecule has 2 aliphatic rings. The lowest BCUT2D eigenvalue weighted by Crippen LogP contribution is -2.31. The van der Waals surface area contributed by atoms with Gasteiger partial charge in [0.25, 0.3) is 5.91 Å². The average molecular weight is 415 g/mol. The van der Waals surface area contributed by atoms with Crippen LogP contribution in [-0.4, -0.2) is 46.9 Å². The van der Waals surface area contributed by atoms with E-state index in [9.17, 15) is 13.2 Å². The fourth-order valence-corrected chi connectivity index (χ4v) is 5.66. The summed E-state index contributed by atoms with van der Waals surface area (Å²) in [6.45, 7) is 3.39. The van der Waals surface area contributed by atoms with E-state index in [1.54, 1.807) is 22.8 Å². The topological polar surface area (TPSA) is 92.3 Å². The number of benzene rings is 1. The normalized spacial score (nSPS) is 20.0. The molecule has 1 saturated carbocycles. The lowest BCUT2D eigenvalue weighted by Gasteiger charge is -2.16. The van der Waals surface area contributed by atoms with Gasteiger partial charge in [0.05, 0.1) is 29.4 Å². The van der Waals surface area contributed by atoms with Crippen LogP contribution in [-0.2, 0) is 23.0 Å². The number of aromatic nitrogens is 2. The molecular formula is C21H26N4O3S. The van der Waals surface area contributed by atoms with Gasteiger partial charge in [-0.3, -0.25) is 14.8 Å². The lowest BCUT2D eigenvalue weighted by molar-refractivity contribution is 0.0950. The van der Waals surface area contributed by atoms with Crippen LogP contribution in [0.5, 0.6) is 0 Å². The number of aryl methyl sites for hydroxylation is 1. The number of nitrogens with one attached hydrogen (secondary N) is 1. The van der Waals surface area contributed by atoms with Crippen LogP contribution >= 0.6 is 0 Å². The van der Waals surface area contributed by atoms with Crippen LogP contribution in [0.15, 0.2) is 36.7 Å². The molecule has 2 aromatic rings. The third kappa shape index (κ3) is 4.82. The Morgan fingerprint density at radius 1 is 1.21 bits per heavy atom. The molecule has 1 amide bonds.